The molecule has 0 saturated heterocycles. The highest BCUT2D eigenvalue weighted by molar-refractivity contribution is 5.88. The molecule has 0 unspecified atom stereocenters. The first-order valence-electron chi connectivity index (χ1n) is 17.7. The molecule has 1 aromatic carbocycles. The molecule has 302 valence electrons. The van der Waals surface area contributed by atoms with Crippen molar-refractivity contribution in [3.8, 4) is 5.75 Å². The number of anilines is 1. The molecule has 1 rings (SSSR count). The summed E-state index contributed by atoms with van der Waals surface area (Å²) in [7, 11) is 0. The number of carboxylic acids is 1. The van der Waals surface area contributed by atoms with Crippen molar-refractivity contribution in [3.05, 3.63) is 24.3 Å². The highest BCUT2D eigenvalue weighted by Crippen LogP contribution is 2.15. The van der Waals surface area contributed by atoms with Gasteiger partial charge >= 0.3 is 5.97 Å². The summed E-state index contributed by atoms with van der Waals surface area (Å²) in [4.78, 5) is 21.4. The van der Waals surface area contributed by atoms with Gasteiger partial charge in [-0.15, -0.1) is 0 Å². The standard InChI is InChI=1S/C35H61NO16/c1-32(37)36-33-2-4-34(5-3-33)52-31-30-51-29-28-50-27-26-49-25-24-48-23-22-47-21-20-46-19-18-45-17-16-44-15-14-43-13-12-42-11-10-41-9-8-40-7-6-35(38)39/h2-5H,6-31H2,1H3,(H,36,37)(H,38,39). The molecule has 0 aromatic heterocycles. The van der Waals surface area contributed by atoms with Gasteiger partial charge < -0.3 is 72.0 Å². The molecule has 17 nitrogen and oxygen atoms in total. The average Bonchev–Trinajstić information content (AvgIpc) is 3.13. The van der Waals surface area contributed by atoms with Crippen LogP contribution in [0.5, 0.6) is 5.75 Å². The van der Waals surface area contributed by atoms with Gasteiger partial charge in [-0.2, -0.15) is 0 Å². The van der Waals surface area contributed by atoms with E-state index in [0.29, 0.717) is 164 Å². The lowest BCUT2D eigenvalue weighted by atomic mass is 10.3. The van der Waals surface area contributed by atoms with Gasteiger partial charge in [-0.25, -0.2) is 0 Å². The number of aliphatic carboxylic acids is 1. The largest absolute Gasteiger partial charge is 0.491 e. The number of carbonyl (C=O) groups is 2. The number of rotatable bonds is 41. The fourth-order valence-electron chi connectivity index (χ4n) is 3.74. The van der Waals surface area contributed by atoms with Crippen LogP contribution in [-0.2, 0) is 66.4 Å². The summed E-state index contributed by atoms with van der Waals surface area (Å²) >= 11 is 0. The van der Waals surface area contributed by atoms with Crippen molar-refractivity contribution in [2.45, 2.75) is 13.3 Å². The lowest BCUT2D eigenvalue weighted by Crippen LogP contribution is -2.15. The molecule has 0 aliphatic heterocycles. The Morgan fingerprint density at radius 2 is 0.673 bits per heavy atom. The van der Waals surface area contributed by atoms with E-state index < -0.39 is 5.97 Å². The monoisotopic (exact) mass is 751 g/mol. The lowest BCUT2D eigenvalue weighted by molar-refractivity contribution is -0.138. The molecule has 0 heterocycles. The molecule has 0 bridgehead atoms. The number of nitrogens with one attached hydrogen (secondary N) is 1. The van der Waals surface area contributed by atoms with Gasteiger partial charge in [0.2, 0.25) is 5.91 Å². The molecule has 0 atom stereocenters. The number of carboxylic acid groups (broad SMARTS) is 1. The van der Waals surface area contributed by atoms with Gasteiger partial charge in [0, 0.05) is 12.6 Å². The maximum atomic E-state index is 11.0. The SMILES string of the molecule is CC(=O)Nc1ccc(OCCOCCOCCOCCOCCOCCOCCOCCOCCOCCOCCOCCOCCC(=O)O)cc1. The van der Waals surface area contributed by atoms with Gasteiger partial charge in [-0.05, 0) is 24.3 Å². The minimum Gasteiger partial charge on any atom is -0.491 e. The van der Waals surface area contributed by atoms with Gasteiger partial charge in [0.25, 0.3) is 0 Å². The summed E-state index contributed by atoms with van der Waals surface area (Å²) in [5.74, 6) is -0.280. The summed E-state index contributed by atoms with van der Waals surface area (Å²) in [5.41, 5.74) is 0.727. The van der Waals surface area contributed by atoms with E-state index in [1.807, 2.05) is 0 Å². The van der Waals surface area contributed by atoms with Crippen LogP contribution in [0.2, 0.25) is 0 Å². The van der Waals surface area contributed by atoms with Crippen LogP contribution in [-0.4, -0.2) is 182 Å². The van der Waals surface area contributed by atoms with Crippen molar-refractivity contribution in [3.63, 3.8) is 0 Å². The Bertz CT molecular complexity index is 927. The third kappa shape index (κ3) is 35.9. The fraction of sp³-hybridized carbons (Fsp3) is 0.771. The van der Waals surface area contributed by atoms with Crippen molar-refractivity contribution in [2.24, 2.45) is 0 Å². The number of hydrogen-bond donors (Lipinski definition) is 2. The molecule has 0 spiro atoms. The molecule has 1 aromatic rings. The Kier molecular flexibility index (Phi) is 34.9. The van der Waals surface area contributed by atoms with Crippen LogP contribution < -0.4 is 10.1 Å². The van der Waals surface area contributed by atoms with Crippen molar-refractivity contribution < 1.29 is 76.3 Å². The highest BCUT2D eigenvalue weighted by Gasteiger charge is 2.00. The average molecular weight is 752 g/mol. The van der Waals surface area contributed by atoms with Crippen LogP contribution in [0.3, 0.4) is 0 Å². The Hall–Kier alpha value is -2.52. The maximum Gasteiger partial charge on any atom is 0.305 e. The van der Waals surface area contributed by atoms with Gasteiger partial charge in [-0.3, -0.25) is 9.59 Å². The molecule has 0 aliphatic rings. The van der Waals surface area contributed by atoms with Crippen LogP contribution in [0.1, 0.15) is 13.3 Å². The topological polar surface area (TPSA) is 186 Å². The molecule has 1 amide bonds. The van der Waals surface area contributed by atoms with Crippen molar-refractivity contribution in [1.29, 1.82) is 0 Å². The van der Waals surface area contributed by atoms with Crippen LogP contribution in [0, 0.1) is 0 Å². The second-order valence-corrected chi connectivity index (χ2v) is 10.5. The Morgan fingerprint density at radius 1 is 0.423 bits per heavy atom. The normalized spacial score (nSPS) is 11.2. The van der Waals surface area contributed by atoms with E-state index in [-0.39, 0.29) is 18.9 Å². The molecule has 52 heavy (non-hydrogen) atoms. The fourth-order valence-corrected chi connectivity index (χ4v) is 3.74. The highest BCUT2D eigenvalue weighted by atomic mass is 16.6. The summed E-state index contributed by atoms with van der Waals surface area (Å²) in [6.45, 7) is 12.8. The second-order valence-electron chi connectivity index (χ2n) is 10.5. The zero-order valence-electron chi connectivity index (χ0n) is 30.8. The maximum absolute atomic E-state index is 11.0. The number of hydrogen-bond acceptors (Lipinski definition) is 15. The third-order valence-corrected chi connectivity index (χ3v) is 6.22. The van der Waals surface area contributed by atoms with Crippen molar-refractivity contribution in [1.82, 2.24) is 0 Å². The van der Waals surface area contributed by atoms with Crippen molar-refractivity contribution in [2.75, 3.05) is 170 Å². The molecule has 0 aliphatic carbocycles. The van der Waals surface area contributed by atoms with Gasteiger partial charge in [-0.1, -0.05) is 0 Å². The Morgan fingerprint density at radius 3 is 0.923 bits per heavy atom. The zero-order chi connectivity index (χ0) is 37.4. The van der Waals surface area contributed by atoms with Gasteiger partial charge in [0.15, 0.2) is 0 Å². The first kappa shape index (κ1) is 47.5. The summed E-state index contributed by atoms with van der Waals surface area (Å²) in [5, 5.41) is 11.2. The first-order chi connectivity index (χ1) is 25.6. The Balaban J connectivity index is 1.64. The molecule has 17 heteroatoms. The van der Waals surface area contributed by atoms with E-state index in [1.54, 1.807) is 24.3 Å². The first-order valence-corrected chi connectivity index (χ1v) is 17.7. The smallest absolute Gasteiger partial charge is 0.305 e. The molecular formula is C35H61NO16. The molecular weight excluding hydrogens is 690 g/mol. The van der Waals surface area contributed by atoms with Crippen LogP contribution in [0.15, 0.2) is 24.3 Å². The molecule has 2 N–H and O–H groups in total. The van der Waals surface area contributed by atoms with E-state index in [2.05, 4.69) is 5.32 Å². The number of ether oxygens (including phenoxy) is 13. The zero-order valence-corrected chi connectivity index (χ0v) is 30.8. The predicted octanol–water partition coefficient (Wildman–Crippen LogP) is 1.70. The van der Waals surface area contributed by atoms with Crippen LogP contribution in [0.4, 0.5) is 5.69 Å². The van der Waals surface area contributed by atoms with Gasteiger partial charge in [0.1, 0.15) is 12.4 Å². The summed E-state index contributed by atoms with van der Waals surface area (Å²) in [6.07, 6.45) is -0.00666. The second kappa shape index (κ2) is 38.2. The lowest BCUT2D eigenvalue weighted by Gasteiger charge is -2.09. The number of carbonyl (C=O) groups excluding carboxylic acids is 1. The van der Waals surface area contributed by atoms with E-state index in [9.17, 15) is 9.59 Å². The predicted molar refractivity (Wildman–Crippen MR) is 188 cm³/mol. The number of amides is 1. The Labute approximate surface area is 307 Å². The summed E-state index contributed by atoms with van der Waals surface area (Å²) < 4.78 is 70.7. The number of benzene rings is 1. The van der Waals surface area contributed by atoms with E-state index in [1.165, 1.54) is 6.92 Å². The minimum atomic E-state index is -0.878. The van der Waals surface area contributed by atoms with Crippen molar-refractivity contribution >= 4 is 17.6 Å². The molecule has 0 fully saturated rings. The quantitative estimate of drug-likeness (QED) is 0.0920. The van der Waals surface area contributed by atoms with E-state index in [4.69, 9.17) is 66.7 Å². The molecule has 0 radical (unpaired) electrons. The van der Waals surface area contributed by atoms with Crippen LogP contribution in [0.25, 0.3) is 0 Å². The molecule has 0 saturated carbocycles. The van der Waals surface area contributed by atoms with Crippen LogP contribution >= 0.6 is 0 Å². The minimum absolute atomic E-state index is 0.00666. The summed E-state index contributed by atoms with van der Waals surface area (Å²) in [6, 6.07) is 7.16. The van der Waals surface area contributed by atoms with E-state index in [0.717, 1.165) is 5.69 Å². The van der Waals surface area contributed by atoms with E-state index >= 15 is 0 Å². The van der Waals surface area contributed by atoms with Gasteiger partial charge in [0.05, 0.1) is 165 Å². The third-order valence-electron chi connectivity index (χ3n) is 6.22.